The van der Waals surface area contributed by atoms with Crippen molar-refractivity contribution < 1.29 is 14.3 Å². The SMILES string of the molecule is O=C1NC2=C(C(=O)N(Cc3ccccc3)C2)[C@@H](c2ccc(OCc3ccccc3)cc2)N1. The van der Waals surface area contributed by atoms with Crippen LogP contribution in [0.4, 0.5) is 4.79 Å². The predicted octanol–water partition coefficient (Wildman–Crippen LogP) is 3.92. The van der Waals surface area contributed by atoms with Gasteiger partial charge in [0.1, 0.15) is 12.4 Å². The number of nitrogens with one attached hydrogen (secondary N) is 2. The highest BCUT2D eigenvalue weighted by Gasteiger charge is 2.40. The van der Waals surface area contributed by atoms with Gasteiger partial charge >= 0.3 is 6.03 Å². The van der Waals surface area contributed by atoms with Crippen LogP contribution in [-0.2, 0) is 17.9 Å². The fourth-order valence-corrected chi connectivity index (χ4v) is 4.11. The molecular formula is C26H23N3O3. The van der Waals surface area contributed by atoms with Crippen molar-refractivity contribution in [3.63, 3.8) is 0 Å². The molecule has 160 valence electrons. The number of amides is 3. The van der Waals surface area contributed by atoms with Gasteiger partial charge in [-0.2, -0.15) is 0 Å². The van der Waals surface area contributed by atoms with E-state index in [2.05, 4.69) is 10.6 Å². The number of hydrogen-bond acceptors (Lipinski definition) is 3. The lowest BCUT2D eigenvalue weighted by Gasteiger charge is -2.25. The van der Waals surface area contributed by atoms with Gasteiger partial charge in [0.05, 0.1) is 23.9 Å². The first-order chi connectivity index (χ1) is 15.7. The van der Waals surface area contributed by atoms with E-state index >= 15 is 0 Å². The van der Waals surface area contributed by atoms with Crippen LogP contribution in [0.25, 0.3) is 0 Å². The van der Waals surface area contributed by atoms with Gasteiger partial charge in [-0.15, -0.1) is 0 Å². The van der Waals surface area contributed by atoms with E-state index in [0.29, 0.717) is 31.0 Å². The molecule has 2 N–H and O–H groups in total. The second-order valence-electron chi connectivity index (χ2n) is 7.91. The van der Waals surface area contributed by atoms with Crippen molar-refractivity contribution in [2.45, 2.75) is 19.2 Å². The number of hydrogen-bond donors (Lipinski definition) is 2. The van der Waals surface area contributed by atoms with Crippen molar-refractivity contribution in [2.24, 2.45) is 0 Å². The molecule has 3 amide bonds. The summed E-state index contributed by atoms with van der Waals surface area (Å²) >= 11 is 0. The van der Waals surface area contributed by atoms with Crippen molar-refractivity contribution in [2.75, 3.05) is 6.54 Å². The second-order valence-corrected chi connectivity index (χ2v) is 7.91. The van der Waals surface area contributed by atoms with Gasteiger partial charge in [-0.3, -0.25) is 4.79 Å². The molecule has 6 heteroatoms. The van der Waals surface area contributed by atoms with Gasteiger partial charge < -0.3 is 20.3 Å². The zero-order chi connectivity index (χ0) is 21.9. The maximum atomic E-state index is 13.2. The van der Waals surface area contributed by atoms with Crippen molar-refractivity contribution in [3.8, 4) is 5.75 Å². The molecule has 2 aliphatic rings. The van der Waals surface area contributed by atoms with Crippen LogP contribution in [-0.4, -0.2) is 23.4 Å². The van der Waals surface area contributed by atoms with Gasteiger partial charge in [-0.25, -0.2) is 4.79 Å². The lowest BCUT2D eigenvalue weighted by molar-refractivity contribution is -0.126. The Kier molecular flexibility index (Phi) is 5.34. The zero-order valence-electron chi connectivity index (χ0n) is 17.5. The molecular weight excluding hydrogens is 402 g/mol. The lowest BCUT2D eigenvalue weighted by atomic mass is 9.96. The molecule has 0 saturated carbocycles. The molecule has 0 unspecified atom stereocenters. The van der Waals surface area contributed by atoms with Crippen LogP contribution >= 0.6 is 0 Å². The smallest absolute Gasteiger partial charge is 0.319 e. The summed E-state index contributed by atoms with van der Waals surface area (Å²) in [4.78, 5) is 27.3. The fourth-order valence-electron chi connectivity index (χ4n) is 4.11. The van der Waals surface area contributed by atoms with Gasteiger partial charge in [-0.05, 0) is 28.8 Å². The largest absolute Gasteiger partial charge is 0.489 e. The predicted molar refractivity (Wildman–Crippen MR) is 121 cm³/mol. The third-order valence-electron chi connectivity index (χ3n) is 5.70. The Hall–Kier alpha value is -4.06. The van der Waals surface area contributed by atoms with Gasteiger partial charge in [0.15, 0.2) is 0 Å². The molecule has 0 fully saturated rings. The van der Waals surface area contributed by atoms with Crippen molar-refractivity contribution in [3.05, 3.63) is 113 Å². The quantitative estimate of drug-likeness (QED) is 0.629. The standard InChI is InChI=1S/C26H23N3O3/c30-25-23-22(16-29(25)15-18-7-3-1-4-8-18)27-26(31)28-24(23)20-11-13-21(14-12-20)32-17-19-9-5-2-6-10-19/h1-14,24H,15-17H2,(H2,27,28,31)/t24-/m1/s1. The van der Waals surface area contributed by atoms with E-state index in [0.717, 1.165) is 22.4 Å². The maximum Gasteiger partial charge on any atom is 0.319 e. The normalized spacial score (nSPS) is 17.6. The van der Waals surface area contributed by atoms with E-state index in [1.54, 1.807) is 4.90 Å². The maximum absolute atomic E-state index is 13.2. The number of rotatable bonds is 6. The number of carbonyl (C=O) groups is 2. The van der Waals surface area contributed by atoms with E-state index in [-0.39, 0.29) is 11.9 Å². The molecule has 0 spiro atoms. The average Bonchev–Trinajstić information content (AvgIpc) is 3.13. The summed E-state index contributed by atoms with van der Waals surface area (Å²) in [5.41, 5.74) is 4.25. The van der Waals surface area contributed by atoms with Crippen molar-refractivity contribution >= 4 is 11.9 Å². The summed E-state index contributed by atoms with van der Waals surface area (Å²) in [7, 11) is 0. The van der Waals surface area contributed by atoms with Gasteiger partial charge in [0, 0.05) is 6.54 Å². The van der Waals surface area contributed by atoms with E-state index in [1.165, 1.54) is 0 Å². The Morgan fingerprint density at radius 3 is 2.19 bits per heavy atom. The zero-order valence-corrected chi connectivity index (χ0v) is 17.5. The molecule has 1 atom stereocenters. The minimum Gasteiger partial charge on any atom is -0.489 e. The van der Waals surface area contributed by atoms with Gasteiger partial charge in [-0.1, -0.05) is 72.8 Å². The van der Waals surface area contributed by atoms with Crippen LogP contribution in [0.3, 0.4) is 0 Å². The molecule has 5 rings (SSSR count). The molecule has 3 aromatic rings. The Bertz CT molecular complexity index is 1160. The van der Waals surface area contributed by atoms with Gasteiger partial charge in [0.2, 0.25) is 0 Å². The summed E-state index contributed by atoms with van der Waals surface area (Å²) in [5.74, 6) is 0.668. The van der Waals surface area contributed by atoms with Crippen molar-refractivity contribution in [1.82, 2.24) is 15.5 Å². The highest BCUT2D eigenvalue weighted by atomic mass is 16.5. The molecule has 0 bridgehead atoms. The van der Waals surface area contributed by atoms with E-state index < -0.39 is 6.04 Å². The third kappa shape index (κ3) is 4.07. The minimum absolute atomic E-state index is 0.0641. The Balaban J connectivity index is 1.32. The highest BCUT2D eigenvalue weighted by molar-refractivity contribution is 6.01. The van der Waals surface area contributed by atoms with Crippen LogP contribution in [0.2, 0.25) is 0 Å². The van der Waals surface area contributed by atoms with Crippen LogP contribution in [0.5, 0.6) is 5.75 Å². The summed E-state index contributed by atoms with van der Waals surface area (Å²) in [6.07, 6.45) is 0. The molecule has 3 aromatic carbocycles. The summed E-state index contributed by atoms with van der Waals surface area (Å²) in [6, 6.07) is 26.5. The van der Waals surface area contributed by atoms with Crippen LogP contribution in [0, 0.1) is 0 Å². The van der Waals surface area contributed by atoms with Crippen molar-refractivity contribution in [1.29, 1.82) is 0 Å². The first-order valence-corrected chi connectivity index (χ1v) is 10.6. The molecule has 2 aliphatic heterocycles. The summed E-state index contributed by atoms with van der Waals surface area (Å²) in [6.45, 7) is 1.37. The topological polar surface area (TPSA) is 70.7 Å². The Morgan fingerprint density at radius 1 is 0.844 bits per heavy atom. The minimum atomic E-state index is -0.491. The van der Waals surface area contributed by atoms with E-state index in [4.69, 9.17) is 4.74 Å². The first-order valence-electron chi connectivity index (χ1n) is 10.6. The number of urea groups is 1. The number of ether oxygens (including phenoxy) is 1. The van der Waals surface area contributed by atoms with Crippen LogP contribution < -0.4 is 15.4 Å². The molecule has 2 heterocycles. The molecule has 32 heavy (non-hydrogen) atoms. The Labute approximate surface area is 186 Å². The second kappa shape index (κ2) is 8.59. The number of nitrogens with zero attached hydrogens (tertiary/aromatic N) is 1. The fraction of sp³-hybridized carbons (Fsp3) is 0.154. The molecule has 0 radical (unpaired) electrons. The van der Waals surface area contributed by atoms with E-state index in [1.807, 2.05) is 84.9 Å². The molecule has 0 saturated heterocycles. The first kappa shape index (κ1) is 19.9. The van der Waals surface area contributed by atoms with E-state index in [9.17, 15) is 9.59 Å². The van der Waals surface area contributed by atoms with Crippen LogP contribution in [0.15, 0.2) is 96.2 Å². The van der Waals surface area contributed by atoms with Gasteiger partial charge in [0.25, 0.3) is 5.91 Å². The summed E-state index contributed by atoms with van der Waals surface area (Å²) in [5, 5.41) is 5.72. The summed E-state index contributed by atoms with van der Waals surface area (Å²) < 4.78 is 5.86. The number of carbonyl (C=O) groups excluding carboxylic acids is 2. The third-order valence-corrected chi connectivity index (χ3v) is 5.70. The molecule has 0 aliphatic carbocycles. The lowest BCUT2D eigenvalue weighted by Crippen LogP contribution is -2.44. The number of benzene rings is 3. The average molecular weight is 425 g/mol. The monoisotopic (exact) mass is 425 g/mol. The molecule has 0 aromatic heterocycles. The Morgan fingerprint density at radius 2 is 1.50 bits per heavy atom. The molecule has 6 nitrogen and oxygen atoms in total. The highest BCUT2D eigenvalue weighted by Crippen LogP contribution is 2.33. The van der Waals surface area contributed by atoms with Crippen LogP contribution in [0.1, 0.15) is 22.7 Å².